The first-order valence-electron chi connectivity index (χ1n) is 4.65. The normalized spacial score (nSPS) is 38.7. The molecule has 0 aromatic rings. The van der Waals surface area contributed by atoms with Gasteiger partial charge in [-0.15, -0.1) is 0 Å². The minimum Gasteiger partial charge on any atom is -0.393 e. The third-order valence-electron chi connectivity index (χ3n) is 2.98. The van der Waals surface area contributed by atoms with Gasteiger partial charge in [0.05, 0.1) is 24.9 Å². The van der Waals surface area contributed by atoms with Crippen molar-refractivity contribution in [2.75, 3.05) is 6.54 Å². The number of aliphatic hydroxyl groups excluding tert-OH is 1. The van der Waals surface area contributed by atoms with Crippen LogP contribution in [0.2, 0.25) is 0 Å². The van der Waals surface area contributed by atoms with E-state index in [2.05, 4.69) is 10.0 Å². The molecule has 0 aliphatic carbocycles. The zero-order valence-corrected chi connectivity index (χ0v) is 7.33. The maximum Gasteiger partial charge on any atom is 0.0650 e. The van der Waals surface area contributed by atoms with E-state index < -0.39 is 6.10 Å². The number of hydrogen-bond donors (Lipinski definition) is 1. The van der Waals surface area contributed by atoms with Gasteiger partial charge in [0.25, 0.3) is 0 Å². The Hall–Kier alpha value is -0.770. The van der Waals surface area contributed by atoms with Crippen LogP contribution >= 0.6 is 0 Å². The van der Waals surface area contributed by atoms with Gasteiger partial charge in [-0.1, -0.05) is 5.11 Å². The van der Waals surface area contributed by atoms with Gasteiger partial charge in [0.15, 0.2) is 0 Å². The fourth-order valence-electron chi connectivity index (χ4n) is 2.34. The van der Waals surface area contributed by atoms with Gasteiger partial charge < -0.3 is 9.84 Å². The van der Waals surface area contributed by atoms with Gasteiger partial charge in [0, 0.05) is 10.8 Å². The highest BCUT2D eigenvalue weighted by molar-refractivity contribution is 4.93. The second kappa shape index (κ2) is 3.54. The molecule has 2 heterocycles. The summed E-state index contributed by atoms with van der Waals surface area (Å²) in [6, 6.07) is 0. The number of fused-ring (bicyclic) bond motifs is 2. The Bertz CT molecular complexity index is 240. The van der Waals surface area contributed by atoms with Crippen molar-refractivity contribution in [3.8, 4) is 0 Å². The van der Waals surface area contributed by atoms with E-state index in [0.29, 0.717) is 6.10 Å². The molecule has 13 heavy (non-hydrogen) atoms. The molecule has 3 unspecified atom stereocenters. The first-order chi connectivity index (χ1) is 6.31. The Kier molecular flexibility index (Phi) is 2.40. The van der Waals surface area contributed by atoms with E-state index in [1.54, 1.807) is 0 Å². The summed E-state index contributed by atoms with van der Waals surface area (Å²) >= 11 is 0. The third-order valence-corrected chi connectivity index (χ3v) is 2.98. The van der Waals surface area contributed by atoms with Crippen LogP contribution in [0.3, 0.4) is 0 Å². The molecule has 0 aromatic heterocycles. The van der Waals surface area contributed by atoms with Crippen LogP contribution in [0.4, 0.5) is 0 Å². The largest absolute Gasteiger partial charge is 0.393 e. The first-order valence-corrected chi connectivity index (χ1v) is 4.65. The maximum atomic E-state index is 9.66. The molecule has 2 bridgehead atoms. The van der Waals surface area contributed by atoms with E-state index in [1.807, 2.05) is 0 Å². The lowest BCUT2D eigenvalue weighted by atomic mass is 9.85. The molecular weight excluding hydrogens is 170 g/mol. The Morgan fingerprint density at radius 1 is 1.62 bits per heavy atom. The highest BCUT2D eigenvalue weighted by Gasteiger charge is 2.43. The van der Waals surface area contributed by atoms with Crippen molar-refractivity contribution in [3.05, 3.63) is 10.4 Å². The van der Waals surface area contributed by atoms with Crippen molar-refractivity contribution >= 4 is 0 Å². The molecule has 4 atom stereocenters. The summed E-state index contributed by atoms with van der Waals surface area (Å²) in [4.78, 5) is 2.63. The number of aliphatic hydroxyl groups is 1. The molecule has 2 rings (SSSR count). The summed E-state index contributed by atoms with van der Waals surface area (Å²) in [5, 5.41) is 13.0. The molecule has 5 nitrogen and oxygen atoms in total. The molecule has 2 saturated heterocycles. The van der Waals surface area contributed by atoms with Crippen LogP contribution in [0.15, 0.2) is 5.11 Å². The van der Waals surface area contributed by atoms with Crippen molar-refractivity contribution in [3.63, 3.8) is 0 Å². The fraction of sp³-hybridized carbons (Fsp3) is 1.00. The zero-order chi connectivity index (χ0) is 9.26. The quantitative estimate of drug-likeness (QED) is 0.405. The minimum absolute atomic E-state index is 0.174. The molecule has 0 radical (unpaired) electrons. The molecule has 0 aromatic carbocycles. The fourth-order valence-corrected chi connectivity index (χ4v) is 2.34. The topological polar surface area (TPSA) is 78.2 Å². The summed E-state index contributed by atoms with van der Waals surface area (Å²) in [5.74, 6) is 0.184. The number of nitrogens with zero attached hydrogens (tertiary/aromatic N) is 3. The van der Waals surface area contributed by atoms with Gasteiger partial charge in [0.1, 0.15) is 0 Å². The third kappa shape index (κ3) is 1.63. The SMILES string of the molecule is [N-]=[N+]=NC[C@H](O)C1CC2CCC1O2. The van der Waals surface area contributed by atoms with Crippen molar-refractivity contribution in [1.29, 1.82) is 0 Å². The maximum absolute atomic E-state index is 9.66. The Labute approximate surface area is 76.3 Å². The Morgan fingerprint density at radius 2 is 2.46 bits per heavy atom. The lowest BCUT2D eigenvalue weighted by Crippen LogP contribution is -2.31. The second-order valence-electron chi connectivity index (χ2n) is 3.75. The monoisotopic (exact) mass is 183 g/mol. The molecule has 0 spiro atoms. The van der Waals surface area contributed by atoms with Crippen LogP contribution in [0.5, 0.6) is 0 Å². The highest BCUT2D eigenvalue weighted by atomic mass is 16.5. The molecule has 0 saturated carbocycles. The highest BCUT2D eigenvalue weighted by Crippen LogP contribution is 2.40. The van der Waals surface area contributed by atoms with Gasteiger partial charge in [-0.3, -0.25) is 0 Å². The summed E-state index contributed by atoms with van der Waals surface area (Å²) in [5.41, 5.74) is 8.11. The summed E-state index contributed by atoms with van der Waals surface area (Å²) in [6.07, 6.45) is 3.11. The van der Waals surface area contributed by atoms with Crippen molar-refractivity contribution in [1.82, 2.24) is 0 Å². The van der Waals surface area contributed by atoms with E-state index in [9.17, 15) is 5.11 Å². The standard InChI is InChI=1S/C8H13N3O2/c9-11-10-4-7(12)6-3-5-1-2-8(6)13-5/h5-8,12H,1-4H2/t5?,6?,7-,8?/m0/s1. The lowest BCUT2D eigenvalue weighted by Gasteiger charge is -2.22. The van der Waals surface area contributed by atoms with Crippen molar-refractivity contribution < 1.29 is 9.84 Å². The van der Waals surface area contributed by atoms with Crippen molar-refractivity contribution in [2.24, 2.45) is 11.0 Å². The van der Waals surface area contributed by atoms with E-state index in [0.717, 1.165) is 19.3 Å². The minimum atomic E-state index is -0.522. The van der Waals surface area contributed by atoms with Gasteiger partial charge in [-0.25, -0.2) is 0 Å². The van der Waals surface area contributed by atoms with Crippen LogP contribution in [-0.4, -0.2) is 30.0 Å². The molecular formula is C8H13N3O2. The predicted octanol–water partition coefficient (Wildman–Crippen LogP) is 1.23. The molecule has 5 heteroatoms. The smallest absolute Gasteiger partial charge is 0.0650 e. The average Bonchev–Trinajstić information content (AvgIpc) is 2.74. The Morgan fingerprint density at radius 3 is 3.00 bits per heavy atom. The average molecular weight is 183 g/mol. The van der Waals surface area contributed by atoms with E-state index in [-0.39, 0.29) is 18.6 Å². The van der Waals surface area contributed by atoms with E-state index in [4.69, 9.17) is 10.3 Å². The lowest BCUT2D eigenvalue weighted by molar-refractivity contribution is 0.0469. The number of hydrogen-bond acceptors (Lipinski definition) is 3. The molecule has 2 aliphatic rings. The van der Waals surface area contributed by atoms with Gasteiger partial charge in [0.2, 0.25) is 0 Å². The second-order valence-corrected chi connectivity index (χ2v) is 3.75. The number of ether oxygens (including phenoxy) is 1. The molecule has 2 aliphatic heterocycles. The van der Waals surface area contributed by atoms with E-state index in [1.165, 1.54) is 0 Å². The van der Waals surface area contributed by atoms with Gasteiger partial charge in [-0.05, 0) is 24.8 Å². The van der Waals surface area contributed by atoms with Crippen LogP contribution in [0.25, 0.3) is 10.4 Å². The molecule has 0 amide bonds. The number of azide groups is 1. The number of rotatable bonds is 3. The molecule has 72 valence electrons. The molecule has 1 N–H and O–H groups in total. The summed E-state index contributed by atoms with van der Waals surface area (Å²) in [7, 11) is 0. The predicted molar refractivity (Wildman–Crippen MR) is 46.0 cm³/mol. The zero-order valence-electron chi connectivity index (χ0n) is 7.33. The summed E-state index contributed by atoms with van der Waals surface area (Å²) < 4.78 is 5.59. The van der Waals surface area contributed by atoms with Crippen LogP contribution in [0, 0.1) is 5.92 Å². The van der Waals surface area contributed by atoms with Crippen LogP contribution < -0.4 is 0 Å². The summed E-state index contributed by atoms with van der Waals surface area (Å²) in [6.45, 7) is 0.174. The van der Waals surface area contributed by atoms with Crippen LogP contribution in [0.1, 0.15) is 19.3 Å². The van der Waals surface area contributed by atoms with Gasteiger partial charge in [-0.2, -0.15) is 0 Å². The van der Waals surface area contributed by atoms with Crippen molar-refractivity contribution in [2.45, 2.75) is 37.6 Å². The van der Waals surface area contributed by atoms with Crippen LogP contribution in [-0.2, 0) is 4.74 Å². The van der Waals surface area contributed by atoms with Gasteiger partial charge >= 0.3 is 0 Å². The molecule has 2 fully saturated rings. The van der Waals surface area contributed by atoms with E-state index >= 15 is 0 Å². The Balaban J connectivity index is 1.90. The first kappa shape index (κ1) is 8.81.